The molecule has 2 aliphatic rings. The van der Waals surface area contributed by atoms with Gasteiger partial charge in [0.25, 0.3) is 5.91 Å². The number of piperidine rings is 1. The summed E-state index contributed by atoms with van der Waals surface area (Å²) in [5.41, 5.74) is 0.369. The van der Waals surface area contributed by atoms with Crippen LogP contribution in [0.2, 0.25) is 5.02 Å². The number of hydrogen-bond donors (Lipinski definition) is 4. The van der Waals surface area contributed by atoms with Gasteiger partial charge in [-0.3, -0.25) is 19.3 Å². The Morgan fingerprint density at radius 2 is 1.65 bits per heavy atom. The van der Waals surface area contributed by atoms with E-state index in [1.165, 1.54) is 32.2 Å². The number of nitrogens with zero attached hydrogens (tertiary/aromatic N) is 2. The number of aliphatic hydroxyl groups excluding tert-OH is 1. The molecule has 0 bridgehead atoms. The van der Waals surface area contributed by atoms with Gasteiger partial charge in [0.15, 0.2) is 9.84 Å². The van der Waals surface area contributed by atoms with Crippen LogP contribution in [0.1, 0.15) is 82.8 Å². The van der Waals surface area contributed by atoms with Crippen molar-refractivity contribution in [3.8, 4) is 0 Å². The van der Waals surface area contributed by atoms with Gasteiger partial charge in [-0.05, 0) is 83.4 Å². The Balaban J connectivity index is 1.63. The number of carbonyl (C=O) groups excluding carboxylic acids is 3. The van der Waals surface area contributed by atoms with E-state index in [-0.39, 0.29) is 24.6 Å². The molecule has 0 unspecified atom stereocenters. The number of aromatic nitrogens is 1. The van der Waals surface area contributed by atoms with Gasteiger partial charge in [-0.2, -0.15) is 0 Å². The molecule has 6 atom stereocenters. The summed E-state index contributed by atoms with van der Waals surface area (Å²) in [6.45, 7) is 9.34. The summed E-state index contributed by atoms with van der Waals surface area (Å²) in [6.07, 6.45) is 6.52. The topological polar surface area (TPSA) is 158 Å². The van der Waals surface area contributed by atoms with Crippen molar-refractivity contribution in [2.45, 2.75) is 108 Å². The van der Waals surface area contributed by atoms with Crippen molar-refractivity contribution in [3.05, 3.63) is 64.9 Å². The molecular formula is C36H52ClN5O6S. The van der Waals surface area contributed by atoms with Crippen LogP contribution in [0.15, 0.2) is 48.7 Å². The molecule has 13 heteroatoms. The highest BCUT2D eigenvalue weighted by Crippen LogP contribution is 2.39. The number of sulfone groups is 1. The predicted molar refractivity (Wildman–Crippen MR) is 191 cm³/mol. The van der Waals surface area contributed by atoms with Crippen molar-refractivity contribution in [1.29, 1.82) is 0 Å². The molecule has 0 spiro atoms. The molecule has 1 saturated heterocycles. The normalized spacial score (nSPS) is 22.2. The maximum Gasteiger partial charge on any atom is 0.270 e. The standard InChI is InChI=1S/C36H52ClN5O6S/c1-35(2,3)41-33(45)29-19-24-14-10-11-15-25(24)21-42(29)22-30(43)28(18-23-12-8-7-9-13-23)39-34(46)31(36(4,5)49(6,47)48)40-32(44)27-17-16-26(37)20-38-27/h7-9,12-13,16-17,20,24-25,28-31,43H,10-11,14-15,18-19,21-22H2,1-6H3,(H,39,46)(H,40,44)(H,41,45)/t24-,25+,28-,29-,30+,31+/m0/s1. The quantitative estimate of drug-likeness (QED) is 0.260. The molecule has 1 aromatic heterocycles. The average Bonchev–Trinajstić information content (AvgIpc) is 3.02. The number of likely N-dealkylation sites (tertiary alicyclic amines) is 1. The number of hydrogen-bond acceptors (Lipinski definition) is 8. The van der Waals surface area contributed by atoms with Gasteiger partial charge >= 0.3 is 0 Å². The van der Waals surface area contributed by atoms with Gasteiger partial charge in [-0.15, -0.1) is 0 Å². The van der Waals surface area contributed by atoms with E-state index in [1.807, 2.05) is 56.0 Å². The SMILES string of the molecule is CC(C)(C)NC(=O)[C@@H]1C[C@@H]2CCCC[C@@H]2CN1C[C@@H](O)[C@H](Cc1ccccc1)NC(=O)[C@@H](NC(=O)c1ccc(Cl)cn1)C(C)(C)S(C)(=O)=O. The Morgan fingerprint density at radius 1 is 1.00 bits per heavy atom. The number of benzene rings is 1. The zero-order valence-electron chi connectivity index (χ0n) is 29.4. The van der Waals surface area contributed by atoms with Crippen LogP contribution < -0.4 is 16.0 Å². The zero-order chi connectivity index (χ0) is 36.1. The van der Waals surface area contributed by atoms with Gasteiger partial charge in [0, 0.05) is 31.1 Å². The van der Waals surface area contributed by atoms with E-state index >= 15 is 0 Å². The monoisotopic (exact) mass is 717 g/mol. The van der Waals surface area contributed by atoms with Crippen LogP contribution in [0, 0.1) is 11.8 Å². The second-order valence-electron chi connectivity index (χ2n) is 15.3. The Hall–Kier alpha value is -3.06. The first-order chi connectivity index (χ1) is 22.9. The molecule has 270 valence electrons. The maximum atomic E-state index is 14.2. The van der Waals surface area contributed by atoms with Gasteiger partial charge < -0.3 is 21.1 Å². The number of pyridine rings is 1. The van der Waals surface area contributed by atoms with Crippen molar-refractivity contribution in [3.63, 3.8) is 0 Å². The highest BCUT2D eigenvalue weighted by atomic mass is 35.5. The van der Waals surface area contributed by atoms with Gasteiger partial charge in [-0.1, -0.05) is 61.2 Å². The molecule has 3 amide bonds. The van der Waals surface area contributed by atoms with Crippen molar-refractivity contribution >= 4 is 39.2 Å². The van der Waals surface area contributed by atoms with Gasteiger partial charge in [0.05, 0.1) is 28.0 Å². The molecule has 1 aromatic carbocycles. The molecule has 2 aromatic rings. The number of rotatable bonds is 12. The van der Waals surface area contributed by atoms with Crippen LogP contribution in [0.5, 0.6) is 0 Å². The first-order valence-corrected chi connectivity index (χ1v) is 19.3. The summed E-state index contributed by atoms with van der Waals surface area (Å²) >= 11 is 5.93. The number of halogens is 1. The number of nitrogens with one attached hydrogen (secondary N) is 3. The number of β-amino-alcohol motifs (C(OH)–C–C–N with tert-alkyl or cyclic N) is 1. The average molecular weight is 718 g/mol. The Bertz CT molecular complexity index is 1560. The minimum atomic E-state index is -3.89. The lowest BCUT2D eigenvalue weighted by Gasteiger charge is -2.47. The van der Waals surface area contributed by atoms with Crippen molar-refractivity contribution in [2.75, 3.05) is 19.3 Å². The lowest BCUT2D eigenvalue weighted by molar-refractivity contribution is -0.133. The molecular weight excluding hydrogens is 666 g/mol. The largest absolute Gasteiger partial charge is 0.390 e. The zero-order valence-corrected chi connectivity index (χ0v) is 31.0. The molecule has 2 fully saturated rings. The van der Waals surface area contributed by atoms with Crippen LogP contribution in [0.4, 0.5) is 0 Å². The lowest BCUT2D eigenvalue weighted by atomic mass is 9.72. The second kappa shape index (κ2) is 15.9. The maximum absolute atomic E-state index is 14.2. The molecule has 4 N–H and O–H groups in total. The number of aliphatic hydroxyl groups is 1. The third kappa shape index (κ3) is 10.2. The van der Waals surface area contributed by atoms with Gasteiger partial charge in [0.1, 0.15) is 11.7 Å². The van der Waals surface area contributed by atoms with Crippen LogP contribution in [0.3, 0.4) is 0 Å². The van der Waals surface area contributed by atoms with E-state index in [2.05, 4.69) is 20.9 Å². The van der Waals surface area contributed by atoms with Gasteiger partial charge in [-0.25, -0.2) is 13.4 Å². The fourth-order valence-corrected chi connectivity index (χ4v) is 7.60. The first-order valence-electron chi connectivity index (χ1n) is 17.1. The summed E-state index contributed by atoms with van der Waals surface area (Å²) in [7, 11) is -3.89. The fourth-order valence-electron chi connectivity index (χ4n) is 6.90. The summed E-state index contributed by atoms with van der Waals surface area (Å²) in [5, 5.41) is 20.8. The van der Waals surface area contributed by atoms with Crippen molar-refractivity contribution in [2.24, 2.45) is 11.8 Å². The summed E-state index contributed by atoms with van der Waals surface area (Å²) in [4.78, 5) is 47.1. The van der Waals surface area contributed by atoms with Crippen LogP contribution in [0.25, 0.3) is 0 Å². The molecule has 1 aliphatic carbocycles. The van der Waals surface area contributed by atoms with E-state index in [0.717, 1.165) is 37.5 Å². The Labute approximate surface area is 295 Å². The molecule has 49 heavy (non-hydrogen) atoms. The fraction of sp³-hybridized carbons (Fsp3) is 0.611. The molecule has 1 saturated carbocycles. The van der Waals surface area contributed by atoms with Crippen LogP contribution in [-0.2, 0) is 25.8 Å². The first kappa shape index (κ1) is 38.7. The third-order valence-electron chi connectivity index (χ3n) is 9.96. The smallest absolute Gasteiger partial charge is 0.270 e. The van der Waals surface area contributed by atoms with E-state index in [9.17, 15) is 27.9 Å². The second-order valence-corrected chi connectivity index (χ2v) is 18.3. The highest BCUT2D eigenvalue weighted by Gasteiger charge is 2.46. The molecule has 2 heterocycles. The third-order valence-corrected chi connectivity index (χ3v) is 12.3. The number of carbonyl (C=O) groups is 3. The van der Waals surface area contributed by atoms with E-state index in [4.69, 9.17) is 11.6 Å². The summed E-state index contributed by atoms with van der Waals surface area (Å²) in [5.74, 6) is -0.753. The highest BCUT2D eigenvalue weighted by molar-refractivity contribution is 7.92. The van der Waals surface area contributed by atoms with Crippen molar-refractivity contribution < 1.29 is 27.9 Å². The molecule has 0 radical (unpaired) electrons. The van der Waals surface area contributed by atoms with E-state index in [1.54, 1.807) is 0 Å². The van der Waals surface area contributed by atoms with Gasteiger partial charge in [0.2, 0.25) is 11.8 Å². The lowest BCUT2D eigenvalue weighted by Crippen LogP contribution is -2.64. The Kier molecular flexibility index (Phi) is 12.5. The van der Waals surface area contributed by atoms with Crippen LogP contribution >= 0.6 is 11.6 Å². The van der Waals surface area contributed by atoms with E-state index in [0.29, 0.717) is 29.8 Å². The minimum absolute atomic E-state index is 0.0435. The summed E-state index contributed by atoms with van der Waals surface area (Å²) < 4.78 is 24.2. The molecule has 4 rings (SSSR count). The molecule has 11 nitrogen and oxygen atoms in total. The number of fused-ring (bicyclic) bond motifs is 1. The number of amides is 3. The minimum Gasteiger partial charge on any atom is -0.390 e. The summed E-state index contributed by atoms with van der Waals surface area (Å²) in [6, 6.07) is 9.33. The predicted octanol–water partition coefficient (Wildman–Crippen LogP) is 3.54. The van der Waals surface area contributed by atoms with Crippen LogP contribution in [-0.4, -0.2) is 95.0 Å². The van der Waals surface area contributed by atoms with Crippen molar-refractivity contribution in [1.82, 2.24) is 25.8 Å². The van der Waals surface area contributed by atoms with E-state index < -0.39 is 56.2 Å². The molecule has 1 aliphatic heterocycles. The Morgan fingerprint density at radius 3 is 2.24 bits per heavy atom.